The second-order valence-corrected chi connectivity index (χ2v) is 11.7. The van der Waals surface area contributed by atoms with Crippen LogP contribution < -0.4 is 5.84 Å². The van der Waals surface area contributed by atoms with Crippen molar-refractivity contribution in [1.29, 1.82) is 5.26 Å². The molecule has 0 radical (unpaired) electrons. The van der Waals surface area contributed by atoms with Gasteiger partial charge in [-0.1, -0.05) is 79.3 Å². The van der Waals surface area contributed by atoms with Gasteiger partial charge in [0.1, 0.15) is 10.5 Å². The van der Waals surface area contributed by atoms with Gasteiger partial charge in [-0.15, -0.1) is 5.10 Å². The fraction of sp³-hybridized carbons (Fsp3) is 0.214. The number of hydrogen-bond acceptors (Lipinski definition) is 9. The van der Waals surface area contributed by atoms with E-state index in [1.807, 2.05) is 30.3 Å². The zero-order valence-corrected chi connectivity index (χ0v) is 23.3. The smallest absolute Gasteiger partial charge is 0.271 e. The molecule has 1 heterocycles. The van der Waals surface area contributed by atoms with Gasteiger partial charge in [-0.3, -0.25) is 10.1 Å². The van der Waals surface area contributed by atoms with Crippen LogP contribution in [0.1, 0.15) is 36.3 Å². The molecule has 0 fully saturated rings. The topological polar surface area (TPSA) is 154 Å². The summed E-state index contributed by atoms with van der Waals surface area (Å²) in [5, 5.41) is 24.7. The second-order valence-electron chi connectivity index (χ2n) is 8.74. The summed E-state index contributed by atoms with van der Waals surface area (Å²) in [6.07, 6.45) is 1.27. The Morgan fingerprint density at radius 2 is 1.80 bits per heavy atom. The average Bonchev–Trinajstić information content (AvgIpc) is 3.31. The maximum absolute atomic E-state index is 14.0. The molecule has 0 saturated carbocycles. The monoisotopic (exact) mass is 577 g/mol. The van der Waals surface area contributed by atoms with Crippen LogP contribution in [0.15, 0.2) is 93.8 Å². The van der Waals surface area contributed by atoms with Gasteiger partial charge in [0.15, 0.2) is 5.03 Å². The molecule has 4 aromatic rings. The quantitative estimate of drug-likeness (QED) is 0.0559. The number of benzene rings is 3. The van der Waals surface area contributed by atoms with E-state index in [0.717, 1.165) is 16.4 Å². The van der Waals surface area contributed by atoms with Crippen LogP contribution in [-0.2, 0) is 21.0 Å². The lowest BCUT2D eigenvalue weighted by atomic mass is 10.1. The molecule has 0 saturated heterocycles. The highest BCUT2D eigenvalue weighted by atomic mass is 32.2. The van der Waals surface area contributed by atoms with Crippen LogP contribution in [-0.4, -0.2) is 29.8 Å². The van der Waals surface area contributed by atoms with Crippen molar-refractivity contribution in [2.75, 3.05) is 12.4 Å². The molecular weight excluding hydrogens is 550 g/mol. The van der Waals surface area contributed by atoms with E-state index in [1.165, 1.54) is 23.9 Å². The SMILES string of the molecule is CCc1cc([N+](=O)[O-])cc(S(=O)(=O)c2nn(N)c(SC(OCCCC#N)c3ccccc3)c2-c2ccccc2)c1. The Kier molecular flexibility index (Phi) is 9.21. The van der Waals surface area contributed by atoms with Crippen molar-refractivity contribution in [3.63, 3.8) is 0 Å². The number of nitro groups is 1. The third-order valence-electron chi connectivity index (χ3n) is 6.02. The number of non-ortho nitro benzene ring substituents is 1. The summed E-state index contributed by atoms with van der Waals surface area (Å²) in [6.45, 7) is 2.09. The molecule has 1 aromatic heterocycles. The molecule has 40 heavy (non-hydrogen) atoms. The first kappa shape index (κ1) is 28.8. The van der Waals surface area contributed by atoms with Gasteiger partial charge in [0.05, 0.1) is 21.5 Å². The molecule has 4 rings (SSSR count). The molecule has 1 unspecified atom stereocenters. The van der Waals surface area contributed by atoms with Gasteiger partial charge in [0, 0.05) is 25.2 Å². The van der Waals surface area contributed by atoms with Crippen molar-refractivity contribution in [2.45, 2.75) is 46.6 Å². The van der Waals surface area contributed by atoms with Gasteiger partial charge in [-0.2, -0.15) is 10.1 Å². The minimum atomic E-state index is -4.34. The summed E-state index contributed by atoms with van der Waals surface area (Å²) in [6, 6.07) is 24.1. The van der Waals surface area contributed by atoms with E-state index in [4.69, 9.17) is 15.8 Å². The molecule has 0 bridgehead atoms. The van der Waals surface area contributed by atoms with Gasteiger partial charge in [0.2, 0.25) is 9.84 Å². The summed E-state index contributed by atoms with van der Waals surface area (Å²) in [7, 11) is -4.34. The van der Waals surface area contributed by atoms with Gasteiger partial charge < -0.3 is 10.6 Å². The Balaban J connectivity index is 1.87. The predicted octanol–water partition coefficient (Wildman–Crippen LogP) is 5.68. The number of sulfone groups is 1. The fourth-order valence-corrected chi connectivity index (χ4v) is 6.71. The summed E-state index contributed by atoms with van der Waals surface area (Å²) in [5.41, 5.74) is 1.24. The van der Waals surface area contributed by atoms with Crippen molar-refractivity contribution in [3.8, 4) is 17.2 Å². The van der Waals surface area contributed by atoms with Crippen LogP contribution >= 0.6 is 11.8 Å². The number of thioether (sulfide) groups is 1. The van der Waals surface area contributed by atoms with E-state index in [1.54, 1.807) is 37.3 Å². The lowest BCUT2D eigenvalue weighted by Gasteiger charge is -2.18. The first-order valence-electron chi connectivity index (χ1n) is 12.4. The highest BCUT2D eigenvalue weighted by Gasteiger charge is 2.33. The molecular formula is C28H27N5O5S2. The van der Waals surface area contributed by atoms with E-state index in [2.05, 4.69) is 11.2 Å². The number of aromatic nitrogens is 2. The number of nitro benzene ring substituents is 1. The van der Waals surface area contributed by atoms with Gasteiger partial charge in [-0.25, -0.2) is 8.42 Å². The Hall–Kier alpha value is -4.18. The summed E-state index contributed by atoms with van der Waals surface area (Å²) < 4.78 is 34.1. The van der Waals surface area contributed by atoms with Crippen molar-refractivity contribution < 1.29 is 18.1 Å². The third-order valence-corrected chi connectivity index (χ3v) is 8.91. The molecule has 206 valence electrons. The molecule has 0 aliphatic rings. The minimum Gasteiger partial charge on any atom is -0.362 e. The number of hydrogen-bond donors (Lipinski definition) is 1. The standard InChI is InChI=1S/C28H27N5O5S2/c1-2-20-17-23(33(34)35)19-24(18-20)40(36,37)26-25(21-11-5-3-6-12-21)27(32(30)31-26)39-28(38-16-10-9-15-29)22-13-7-4-8-14-22/h3-8,11-14,17-19,28H,2,9-10,16,30H2,1H3. The van der Waals surface area contributed by atoms with Crippen LogP contribution in [0.5, 0.6) is 0 Å². The van der Waals surface area contributed by atoms with E-state index in [9.17, 15) is 18.5 Å². The molecule has 0 spiro atoms. The summed E-state index contributed by atoms with van der Waals surface area (Å²) in [5.74, 6) is 6.30. The normalized spacial score (nSPS) is 12.1. The molecule has 0 aliphatic heterocycles. The van der Waals surface area contributed by atoms with E-state index in [-0.39, 0.29) is 21.2 Å². The number of nitriles is 1. The molecule has 0 aliphatic carbocycles. The van der Waals surface area contributed by atoms with Crippen LogP contribution in [0.3, 0.4) is 0 Å². The lowest BCUT2D eigenvalue weighted by molar-refractivity contribution is -0.385. The maximum Gasteiger partial charge on any atom is 0.271 e. The Morgan fingerprint density at radius 1 is 1.12 bits per heavy atom. The average molecular weight is 578 g/mol. The number of unbranched alkanes of at least 4 members (excludes halogenated alkanes) is 1. The molecule has 0 amide bonds. The number of nitrogens with two attached hydrogens (primary N) is 1. The zero-order valence-electron chi connectivity index (χ0n) is 21.6. The summed E-state index contributed by atoms with van der Waals surface area (Å²) in [4.78, 5) is 11.7. The minimum absolute atomic E-state index is 0.238. The Labute approximate surface area is 236 Å². The first-order chi connectivity index (χ1) is 19.3. The van der Waals surface area contributed by atoms with Crippen LogP contribution in [0.4, 0.5) is 5.69 Å². The molecule has 1 atom stereocenters. The number of nitrogen functional groups attached to an aromatic ring is 1. The van der Waals surface area contributed by atoms with Gasteiger partial charge in [-0.05, 0) is 35.6 Å². The number of ether oxygens (including phenoxy) is 1. The van der Waals surface area contributed by atoms with Gasteiger partial charge in [0.25, 0.3) is 5.69 Å². The van der Waals surface area contributed by atoms with Crippen molar-refractivity contribution in [2.24, 2.45) is 0 Å². The number of nitrogens with zero attached hydrogens (tertiary/aromatic N) is 4. The third kappa shape index (κ3) is 6.34. The Bertz CT molecular complexity index is 1640. The van der Waals surface area contributed by atoms with E-state index in [0.29, 0.717) is 42.0 Å². The van der Waals surface area contributed by atoms with Crippen molar-refractivity contribution in [3.05, 3.63) is 100 Å². The zero-order chi connectivity index (χ0) is 28.7. The van der Waals surface area contributed by atoms with E-state index >= 15 is 0 Å². The van der Waals surface area contributed by atoms with Crippen molar-refractivity contribution in [1.82, 2.24) is 9.89 Å². The highest BCUT2D eigenvalue weighted by molar-refractivity contribution is 7.99. The molecule has 10 nitrogen and oxygen atoms in total. The number of rotatable bonds is 12. The molecule has 3 aromatic carbocycles. The molecule has 2 N–H and O–H groups in total. The molecule has 12 heteroatoms. The Morgan fingerprint density at radius 3 is 2.42 bits per heavy atom. The summed E-state index contributed by atoms with van der Waals surface area (Å²) >= 11 is 1.19. The van der Waals surface area contributed by atoms with Crippen LogP contribution in [0.25, 0.3) is 11.1 Å². The van der Waals surface area contributed by atoms with Gasteiger partial charge >= 0.3 is 0 Å². The second kappa shape index (κ2) is 12.8. The maximum atomic E-state index is 14.0. The largest absolute Gasteiger partial charge is 0.362 e. The first-order valence-corrected chi connectivity index (χ1v) is 14.8. The number of aryl methyl sites for hydroxylation is 1. The van der Waals surface area contributed by atoms with Crippen molar-refractivity contribution >= 4 is 27.3 Å². The van der Waals surface area contributed by atoms with E-state index < -0.39 is 20.2 Å². The fourth-order valence-electron chi connectivity index (χ4n) is 4.02. The van der Waals surface area contributed by atoms with Crippen LogP contribution in [0, 0.1) is 21.4 Å². The van der Waals surface area contributed by atoms with Crippen LogP contribution in [0.2, 0.25) is 0 Å². The lowest BCUT2D eigenvalue weighted by Crippen LogP contribution is -2.14. The highest BCUT2D eigenvalue weighted by Crippen LogP contribution is 2.44. The predicted molar refractivity (Wildman–Crippen MR) is 152 cm³/mol.